The zero-order chi connectivity index (χ0) is 11.0. The van der Waals surface area contributed by atoms with Gasteiger partial charge in [0.2, 0.25) is 0 Å². The van der Waals surface area contributed by atoms with Crippen LogP contribution in [0.2, 0.25) is 5.02 Å². The number of aliphatic hydroxyl groups excluding tert-OH is 1. The Kier molecular flexibility index (Phi) is 2.50. The van der Waals surface area contributed by atoms with E-state index in [9.17, 15) is 4.79 Å². The van der Waals surface area contributed by atoms with E-state index in [4.69, 9.17) is 21.1 Å². The fourth-order valence-electron chi connectivity index (χ4n) is 1.40. The Morgan fingerprint density at radius 2 is 2.20 bits per heavy atom. The second kappa shape index (κ2) is 3.68. The lowest BCUT2D eigenvalue weighted by Crippen LogP contribution is -2.08. The minimum atomic E-state index is -0.330. The molecule has 0 bridgehead atoms. The first-order valence-corrected chi connectivity index (χ1v) is 4.82. The molecule has 0 amide bonds. The lowest BCUT2D eigenvalue weighted by Gasteiger charge is -2.02. The van der Waals surface area contributed by atoms with Gasteiger partial charge in [-0.05, 0) is 24.6 Å². The Bertz CT molecular complexity index is 572. The number of benzene rings is 1. The Morgan fingerprint density at radius 1 is 1.47 bits per heavy atom. The predicted molar refractivity (Wildman–Crippen MR) is 58.2 cm³/mol. The molecule has 2 aromatic rings. The molecule has 0 fully saturated rings. The van der Waals surface area contributed by atoms with Crippen molar-refractivity contribution in [2.75, 3.05) is 0 Å². The second-order valence-electron chi connectivity index (χ2n) is 3.35. The monoisotopic (exact) mass is 224 g/mol. The summed E-state index contributed by atoms with van der Waals surface area (Å²) >= 11 is 5.91. The topological polar surface area (TPSA) is 50.4 Å². The number of aliphatic hydroxyl groups is 1. The molecule has 0 aliphatic heterocycles. The smallest absolute Gasteiger partial charge is 0.198 e. The molecule has 1 aromatic carbocycles. The summed E-state index contributed by atoms with van der Waals surface area (Å²) in [4.78, 5) is 11.7. The molecule has 78 valence electrons. The first kappa shape index (κ1) is 10.2. The van der Waals surface area contributed by atoms with E-state index in [0.717, 1.165) is 5.56 Å². The maximum atomic E-state index is 11.7. The molecule has 1 heterocycles. The van der Waals surface area contributed by atoms with Gasteiger partial charge in [-0.15, -0.1) is 0 Å². The molecule has 4 heteroatoms. The Morgan fingerprint density at radius 3 is 2.87 bits per heavy atom. The molecule has 0 aliphatic rings. The minimum Gasteiger partial charge on any atom is -0.464 e. The van der Waals surface area contributed by atoms with Gasteiger partial charge in [0.15, 0.2) is 5.43 Å². The number of fused-ring (bicyclic) bond motifs is 1. The van der Waals surface area contributed by atoms with Crippen LogP contribution in [0.5, 0.6) is 0 Å². The van der Waals surface area contributed by atoms with Gasteiger partial charge in [-0.1, -0.05) is 11.6 Å². The van der Waals surface area contributed by atoms with Gasteiger partial charge < -0.3 is 9.52 Å². The molecule has 0 spiro atoms. The summed E-state index contributed by atoms with van der Waals surface area (Å²) in [6.07, 6.45) is 1.28. The first-order valence-electron chi connectivity index (χ1n) is 4.45. The normalized spacial score (nSPS) is 10.9. The average Bonchev–Trinajstić information content (AvgIpc) is 2.22. The summed E-state index contributed by atoms with van der Waals surface area (Å²) in [5.41, 5.74) is 1.34. The van der Waals surface area contributed by atoms with Crippen molar-refractivity contribution in [3.05, 3.63) is 44.8 Å². The summed E-state index contributed by atoms with van der Waals surface area (Å²) in [6.45, 7) is 1.51. The molecule has 1 N–H and O–H groups in total. The van der Waals surface area contributed by atoms with Gasteiger partial charge in [0.05, 0.1) is 17.6 Å². The molecule has 2 rings (SSSR count). The maximum absolute atomic E-state index is 11.7. The SMILES string of the molecule is Cc1cc2occ(CO)c(=O)c2cc1Cl. The van der Waals surface area contributed by atoms with Gasteiger partial charge in [0.25, 0.3) is 0 Å². The first-order chi connectivity index (χ1) is 7.13. The van der Waals surface area contributed by atoms with Crippen molar-refractivity contribution in [3.8, 4) is 0 Å². The van der Waals surface area contributed by atoms with Crippen LogP contribution in [-0.4, -0.2) is 5.11 Å². The van der Waals surface area contributed by atoms with Crippen molar-refractivity contribution < 1.29 is 9.52 Å². The maximum Gasteiger partial charge on any atom is 0.198 e. The number of hydrogen-bond acceptors (Lipinski definition) is 3. The summed E-state index contributed by atoms with van der Waals surface area (Å²) < 4.78 is 5.23. The Labute approximate surface area is 90.9 Å². The van der Waals surface area contributed by atoms with Crippen LogP contribution in [-0.2, 0) is 6.61 Å². The third-order valence-corrected chi connectivity index (χ3v) is 2.70. The van der Waals surface area contributed by atoms with Crippen LogP contribution in [0.4, 0.5) is 0 Å². The highest BCUT2D eigenvalue weighted by atomic mass is 35.5. The fraction of sp³-hybridized carbons (Fsp3) is 0.182. The van der Waals surface area contributed by atoms with Gasteiger partial charge in [0.1, 0.15) is 11.8 Å². The van der Waals surface area contributed by atoms with E-state index in [1.54, 1.807) is 12.1 Å². The molecule has 0 saturated heterocycles. The molecule has 1 aromatic heterocycles. The van der Waals surface area contributed by atoms with Crippen molar-refractivity contribution >= 4 is 22.6 Å². The van der Waals surface area contributed by atoms with Crippen LogP contribution in [0.1, 0.15) is 11.1 Å². The van der Waals surface area contributed by atoms with Crippen LogP contribution in [0.25, 0.3) is 11.0 Å². The average molecular weight is 225 g/mol. The molecule has 0 radical (unpaired) electrons. The lowest BCUT2D eigenvalue weighted by atomic mass is 10.1. The Balaban J connectivity index is 2.88. The van der Waals surface area contributed by atoms with Crippen LogP contribution in [0, 0.1) is 6.92 Å². The summed E-state index contributed by atoms with van der Waals surface area (Å²) in [5.74, 6) is 0. The molecule has 0 aliphatic carbocycles. The van der Waals surface area contributed by atoms with E-state index in [1.165, 1.54) is 6.26 Å². The minimum absolute atomic E-state index is 0.236. The molecule has 3 nitrogen and oxygen atoms in total. The number of halogens is 1. The van der Waals surface area contributed by atoms with Crippen LogP contribution < -0.4 is 5.43 Å². The molecular weight excluding hydrogens is 216 g/mol. The van der Waals surface area contributed by atoms with E-state index < -0.39 is 0 Å². The highest BCUT2D eigenvalue weighted by Gasteiger charge is 2.08. The lowest BCUT2D eigenvalue weighted by molar-refractivity contribution is 0.277. The summed E-state index contributed by atoms with van der Waals surface area (Å²) in [5, 5.41) is 9.83. The van der Waals surface area contributed by atoms with E-state index in [0.29, 0.717) is 16.0 Å². The predicted octanol–water partition coefficient (Wildman–Crippen LogP) is 2.25. The number of hydrogen-bond donors (Lipinski definition) is 1. The van der Waals surface area contributed by atoms with Gasteiger partial charge >= 0.3 is 0 Å². The van der Waals surface area contributed by atoms with E-state index in [2.05, 4.69) is 0 Å². The van der Waals surface area contributed by atoms with Crippen molar-refractivity contribution in [1.29, 1.82) is 0 Å². The highest BCUT2D eigenvalue weighted by molar-refractivity contribution is 6.32. The van der Waals surface area contributed by atoms with Crippen LogP contribution in [0.3, 0.4) is 0 Å². The van der Waals surface area contributed by atoms with Crippen LogP contribution in [0.15, 0.2) is 27.6 Å². The second-order valence-corrected chi connectivity index (χ2v) is 3.75. The van der Waals surface area contributed by atoms with Crippen molar-refractivity contribution in [2.24, 2.45) is 0 Å². The number of rotatable bonds is 1. The summed E-state index contributed by atoms with van der Waals surface area (Å²) in [6, 6.07) is 3.28. The third-order valence-electron chi connectivity index (χ3n) is 2.30. The number of aryl methyl sites for hydroxylation is 1. The van der Waals surface area contributed by atoms with Crippen molar-refractivity contribution in [3.63, 3.8) is 0 Å². The van der Waals surface area contributed by atoms with Gasteiger partial charge in [-0.3, -0.25) is 4.79 Å². The Hall–Kier alpha value is -1.32. The molecule has 0 atom stereocenters. The van der Waals surface area contributed by atoms with Crippen LogP contribution >= 0.6 is 11.6 Å². The molecular formula is C11H9ClO3. The molecule has 0 saturated carbocycles. The van der Waals surface area contributed by atoms with Gasteiger partial charge in [0, 0.05) is 5.02 Å². The molecule has 0 unspecified atom stereocenters. The van der Waals surface area contributed by atoms with E-state index in [1.807, 2.05) is 6.92 Å². The van der Waals surface area contributed by atoms with Crippen molar-refractivity contribution in [1.82, 2.24) is 0 Å². The highest BCUT2D eigenvalue weighted by Crippen LogP contribution is 2.21. The quantitative estimate of drug-likeness (QED) is 0.808. The fourth-order valence-corrected chi connectivity index (χ4v) is 1.56. The zero-order valence-electron chi connectivity index (χ0n) is 8.08. The van der Waals surface area contributed by atoms with Crippen molar-refractivity contribution in [2.45, 2.75) is 13.5 Å². The molecule has 15 heavy (non-hydrogen) atoms. The van der Waals surface area contributed by atoms with Gasteiger partial charge in [-0.2, -0.15) is 0 Å². The third kappa shape index (κ3) is 1.64. The largest absolute Gasteiger partial charge is 0.464 e. The van der Waals surface area contributed by atoms with E-state index >= 15 is 0 Å². The zero-order valence-corrected chi connectivity index (χ0v) is 8.84. The summed E-state index contributed by atoms with van der Waals surface area (Å²) in [7, 11) is 0. The van der Waals surface area contributed by atoms with Gasteiger partial charge in [-0.25, -0.2) is 0 Å². The standard InChI is InChI=1S/C11H9ClO3/c1-6-2-10-8(3-9(6)12)11(14)7(4-13)5-15-10/h2-3,5,13H,4H2,1H3. The van der Waals surface area contributed by atoms with E-state index in [-0.39, 0.29) is 17.6 Å².